The predicted octanol–water partition coefficient (Wildman–Crippen LogP) is 4.04. The number of aliphatic hydroxyl groups excluding tert-OH is 1. The van der Waals surface area contributed by atoms with Gasteiger partial charge in [0.05, 0.1) is 6.10 Å². The van der Waals surface area contributed by atoms with Crippen LogP contribution in [0.1, 0.15) is 71.3 Å². The SMILES string of the molecule is C[C@@H](O)c1cc(C(C)(C)C)c(O)c(C(C)(C)C)c1. The van der Waals surface area contributed by atoms with Crippen LogP contribution in [0.15, 0.2) is 12.1 Å². The number of phenolic OH excluding ortho intramolecular Hbond substituents is 1. The van der Waals surface area contributed by atoms with Crippen molar-refractivity contribution in [3.8, 4) is 5.75 Å². The van der Waals surface area contributed by atoms with Crippen LogP contribution >= 0.6 is 0 Å². The molecular formula is C16H26O2. The Morgan fingerprint density at radius 3 is 1.44 bits per heavy atom. The summed E-state index contributed by atoms with van der Waals surface area (Å²) in [7, 11) is 0. The minimum Gasteiger partial charge on any atom is -0.507 e. The fourth-order valence-corrected chi connectivity index (χ4v) is 2.04. The Balaban J connectivity index is 3.59. The minimum atomic E-state index is -0.521. The van der Waals surface area contributed by atoms with E-state index < -0.39 is 6.10 Å². The Morgan fingerprint density at radius 2 is 1.22 bits per heavy atom. The molecule has 1 aromatic carbocycles. The molecule has 0 aromatic heterocycles. The minimum absolute atomic E-state index is 0.144. The van der Waals surface area contributed by atoms with E-state index in [2.05, 4.69) is 41.5 Å². The molecule has 2 heteroatoms. The highest BCUT2D eigenvalue weighted by Gasteiger charge is 2.27. The third-order valence-electron chi connectivity index (χ3n) is 3.23. The zero-order valence-corrected chi connectivity index (χ0v) is 12.6. The van der Waals surface area contributed by atoms with Gasteiger partial charge in [-0.05, 0) is 46.6 Å². The van der Waals surface area contributed by atoms with Crippen molar-refractivity contribution in [1.29, 1.82) is 0 Å². The van der Waals surface area contributed by atoms with Gasteiger partial charge in [0.1, 0.15) is 5.75 Å². The molecule has 0 spiro atoms. The van der Waals surface area contributed by atoms with Crippen LogP contribution in [0.2, 0.25) is 0 Å². The molecule has 0 aliphatic carbocycles. The quantitative estimate of drug-likeness (QED) is 0.789. The molecule has 0 aliphatic heterocycles. The number of aromatic hydroxyl groups is 1. The first-order valence-electron chi connectivity index (χ1n) is 6.50. The predicted molar refractivity (Wildman–Crippen MR) is 76.1 cm³/mol. The maximum Gasteiger partial charge on any atom is 0.123 e. The second-order valence-corrected chi connectivity index (χ2v) is 7.14. The Kier molecular flexibility index (Phi) is 3.83. The van der Waals surface area contributed by atoms with Crippen molar-refractivity contribution >= 4 is 0 Å². The van der Waals surface area contributed by atoms with Crippen LogP contribution in [0.25, 0.3) is 0 Å². The summed E-state index contributed by atoms with van der Waals surface area (Å²) in [5.74, 6) is 0.361. The van der Waals surface area contributed by atoms with E-state index in [1.165, 1.54) is 0 Å². The fraction of sp³-hybridized carbons (Fsp3) is 0.625. The highest BCUT2D eigenvalue weighted by atomic mass is 16.3. The van der Waals surface area contributed by atoms with E-state index in [-0.39, 0.29) is 10.8 Å². The molecule has 0 unspecified atom stereocenters. The van der Waals surface area contributed by atoms with Gasteiger partial charge in [-0.3, -0.25) is 0 Å². The van der Waals surface area contributed by atoms with Crippen molar-refractivity contribution < 1.29 is 10.2 Å². The van der Waals surface area contributed by atoms with Crippen LogP contribution in [0.4, 0.5) is 0 Å². The summed E-state index contributed by atoms with van der Waals surface area (Å²) in [5, 5.41) is 20.3. The van der Waals surface area contributed by atoms with E-state index >= 15 is 0 Å². The van der Waals surface area contributed by atoms with Crippen molar-refractivity contribution in [2.45, 2.75) is 65.4 Å². The molecule has 0 bridgehead atoms. The molecule has 0 amide bonds. The molecule has 2 N–H and O–H groups in total. The van der Waals surface area contributed by atoms with Crippen molar-refractivity contribution in [3.63, 3.8) is 0 Å². The molecule has 0 heterocycles. The van der Waals surface area contributed by atoms with Crippen molar-refractivity contribution in [2.24, 2.45) is 0 Å². The lowest BCUT2D eigenvalue weighted by atomic mass is 9.78. The third kappa shape index (κ3) is 3.05. The molecular weight excluding hydrogens is 224 g/mol. The summed E-state index contributed by atoms with van der Waals surface area (Å²) in [6, 6.07) is 3.82. The van der Waals surface area contributed by atoms with Crippen LogP contribution in [0, 0.1) is 0 Å². The maximum atomic E-state index is 10.5. The summed E-state index contributed by atoms with van der Waals surface area (Å²) in [6.07, 6.45) is -0.521. The van der Waals surface area contributed by atoms with E-state index in [1.807, 2.05) is 12.1 Å². The molecule has 0 fully saturated rings. The first-order valence-corrected chi connectivity index (χ1v) is 6.50. The van der Waals surface area contributed by atoms with Gasteiger partial charge < -0.3 is 10.2 Å². The molecule has 0 saturated carbocycles. The highest BCUT2D eigenvalue weighted by Crippen LogP contribution is 2.40. The normalized spacial score (nSPS) is 14.7. The topological polar surface area (TPSA) is 40.5 Å². The molecule has 0 radical (unpaired) electrons. The van der Waals surface area contributed by atoms with Gasteiger partial charge >= 0.3 is 0 Å². The van der Waals surface area contributed by atoms with E-state index in [9.17, 15) is 10.2 Å². The van der Waals surface area contributed by atoms with E-state index in [1.54, 1.807) is 6.92 Å². The van der Waals surface area contributed by atoms with Gasteiger partial charge in [0.2, 0.25) is 0 Å². The second-order valence-electron chi connectivity index (χ2n) is 7.14. The summed E-state index contributed by atoms with van der Waals surface area (Å²) in [5.41, 5.74) is 2.36. The molecule has 1 atom stereocenters. The molecule has 1 rings (SSSR count). The lowest BCUT2D eigenvalue weighted by Gasteiger charge is -2.28. The Bertz CT molecular complexity index is 396. The Morgan fingerprint density at radius 1 is 0.889 bits per heavy atom. The molecule has 18 heavy (non-hydrogen) atoms. The van der Waals surface area contributed by atoms with Gasteiger partial charge in [-0.15, -0.1) is 0 Å². The van der Waals surface area contributed by atoms with Crippen LogP contribution in [-0.2, 0) is 10.8 Å². The number of hydrogen-bond acceptors (Lipinski definition) is 2. The summed E-state index contributed by atoms with van der Waals surface area (Å²) < 4.78 is 0. The molecule has 2 nitrogen and oxygen atoms in total. The van der Waals surface area contributed by atoms with Crippen LogP contribution < -0.4 is 0 Å². The van der Waals surface area contributed by atoms with Gasteiger partial charge in [-0.1, -0.05) is 41.5 Å². The first-order chi connectivity index (χ1) is 7.94. The largest absolute Gasteiger partial charge is 0.507 e. The smallest absolute Gasteiger partial charge is 0.123 e. The number of benzene rings is 1. The molecule has 0 saturated heterocycles. The maximum absolute atomic E-state index is 10.5. The van der Waals surface area contributed by atoms with Crippen LogP contribution in [0.5, 0.6) is 5.75 Å². The van der Waals surface area contributed by atoms with E-state index in [0.29, 0.717) is 5.75 Å². The number of hydrogen-bond donors (Lipinski definition) is 2. The molecule has 102 valence electrons. The summed E-state index contributed by atoms with van der Waals surface area (Å²) in [6.45, 7) is 14.2. The number of phenols is 1. The van der Waals surface area contributed by atoms with Gasteiger partial charge in [0.25, 0.3) is 0 Å². The summed E-state index contributed by atoms with van der Waals surface area (Å²) in [4.78, 5) is 0. The summed E-state index contributed by atoms with van der Waals surface area (Å²) >= 11 is 0. The van der Waals surface area contributed by atoms with Crippen molar-refractivity contribution in [1.82, 2.24) is 0 Å². The van der Waals surface area contributed by atoms with E-state index in [4.69, 9.17) is 0 Å². The van der Waals surface area contributed by atoms with Gasteiger partial charge in [-0.25, -0.2) is 0 Å². The van der Waals surface area contributed by atoms with E-state index in [0.717, 1.165) is 16.7 Å². The zero-order valence-electron chi connectivity index (χ0n) is 12.6. The van der Waals surface area contributed by atoms with Gasteiger partial charge in [-0.2, -0.15) is 0 Å². The van der Waals surface area contributed by atoms with Crippen molar-refractivity contribution in [3.05, 3.63) is 28.8 Å². The van der Waals surface area contributed by atoms with Crippen LogP contribution in [-0.4, -0.2) is 10.2 Å². The Hall–Kier alpha value is -1.02. The monoisotopic (exact) mass is 250 g/mol. The fourth-order valence-electron chi connectivity index (χ4n) is 2.04. The van der Waals surface area contributed by atoms with Gasteiger partial charge in [0.15, 0.2) is 0 Å². The third-order valence-corrected chi connectivity index (χ3v) is 3.23. The lowest BCUT2D eigenvalue weighted by Crippen LogP contribution is -2.18. The first kappa shape index (κ1) is 15.0. The Labute approximate surface area is 111 Å². The average Bonchev–Trinajstić information content (AvgIpc) is 2.13. The van der Waals surface area contributed by atoms with Crippen molar-refractivity contribution in [2.75, 3.05) is 0 Å². The molecule has 1 aromatic rings. The number of rotatable bonds is 1. The average molecular weight is 250 g/mol. The second kappa shape index (κ2) is 4.58. The number of aliphatic hydroxyl groups is 1. The molecule has 0 aliphatic rings. The highest BCUT2D eigenvalue weighted by molar-refractivity contribution is 5.50. The van der Waals surface area contributed by atoms with Gasteiger partial charge in [0, 0.05) is 0 Å². The zero-order chi connectivity index (χ0) is 14.3. The lowest BCUT2D eigenvalue weighted by molar-refractivity contribution is 0.198. The standard InChI is InChI=1S/C16H26O2/c1-10(17)11-8-12(15(2,3)4)14(18)13(9-11)16(5,6)7/h8-10,17-18H,1-7H3/t10-/m1/s1. The van der Waals surface area contributed by atoms with Crippen LogP contribution in [0.3, 0.4) is 0 Å².